The van der Waals surface area contributed by atoms with E-state index in [-0.39, 0.29) is 22.9 Å². The number of nitriles is 1. The van der Waals surface area contributed by atoms with E-state index in [2.05, 4.69) is 26.3 Å². The number of aromatic nitrogens is 4. The number of nitrogen functional groups attached to an aromatic ring is 1. The van der Waals surface area contributed by atoms with Gasteiger partial charge in [-0.2, -0.15) is 5.26 Å². The molecule has 6 rings (SSSR count). The third-order valence-electron chi connectivity index (χ3n) is 6.61. The van der Waals surface area contributed by atoms with Crippen molar-refractivity contribution >= 4 is 28.4 Å². The second-order valence-electron chi connectivity index (χ2n) is 9.07. The molecule has 38 heavy (non-hydrogen) atoms. The van der Waals surface area contributed by atoms with Crippen LogP contribution in [0.5, 0.6) is 0 Å². The Labute approximate surface area is 215 Å². The fourth-order valence-electron chi connectivity index (χ4n) is 4.58. The molecule has 0 aliphatic heterocycles. The minimum absolute atomic E-state index is 0.0304. The van der Waals surface area contributed by atoms with E-state index in [1.165, 1.54) is 36.8 Å². The lowest BCUT2D eigenvalue weighted by molar-refractivity contribution is 0.102. The van der Waals surface area contributed by atoms with Crippen molar-refractivity contribution in [3.63, 3.8) is 0 Å². The number of nitrogens with one attached hydrogen (secondary N) is 2. The Morgan fingerprint density at radius 1 is 1.11 bits per heavy atom. The second kappa shape index (κ2) is 8.97. The Morgan fingerprint density at radius 2 is 1.82 bits per heavy atom. The quantitative estimate of drug-likeness (QED) is 0.318. The second-order valence-corrected chi connectivity index (χ2v) is 9.07. The molecule has 0 atom stereocenters. The summed E-state index contributed by atoms with van der Waals surface area (Å²) in [6.07, 6.45) is 6.30. The van der Waals surface area contributed by atoms with Gasteiger partial charge in [0.15, 0.2) is 0 Å². The standard InChI is InChI=1S/C28H20FN7O2/c29-17-5-1-16(2-6-17)23-22(11-30)36(19-9-10-19)13-21(25(23)37)28(38)35-18-7-3-15(4-8-18)20-12-32-27-24(20)26(31)33-14-34-27/h1-8,12-14,19H,9-10H2,(H,35,38)(H3,31,32,33,34). The molecule has 3 aromatic heterocycles. The van der Waals surface area contributed by atoms with Crippen LogP contribution in [-0.2, 0) is 0 Å². The highest BCUT2D eigenvalue weighted by molar-refractivity contribution is 6.05. The van der Waals surface area contributed by atoms with E-state index in [1.807, 2.05) is 12.1 Å². The lowest BCUT2D eigenvalue weighted by Crippen LogP contribution is -2.26. The Hall–Kier alpha value is -5.30. The normalized spacial score (nSPS) is 12.8. The number of hydrogen-bond donors (Lipinski definition) is 3. The molecule has 1 aliphatic carbocycles. The van der Waals surface area contributed by atoms with Crippen LogP contribution in [0.25, 0.3) is 33.3 Å². The summed E-state index contributed by atoms with van der Waals surface area (Å²) in [5, 5.41) is 13.4. The molecule has 10 heteroatoms. The fraction of sp³-hybridized carbons (Fsp3) is 0.107. The van der Waals surface area contributed by atoms with Gasteiger partial charge in [-0.1, -0.05) is 24.3 Å². The molecule has 0 saturated heterocycles. The summed E-state index contributed by atoms with van der Waals surface area (Å²) >= 11 is 0. The highest BCUT2D eigenvalue weighted by atomic mass is 19.1. The molecule has 0 spiro atoms. The van der Waals surface area contributed by atoms with Gasteiger partial charge in [-0.15, -0.1) is 0 Å². The number of hydrogen-bond acceptors (Lipinski definition) is 6. The van der Waals surface area contributed by atoms with Gasteiger partial charge in [-0.05, 0) is 48.2 Å². The number of carbonyl (C=O) groups is 1. The number of amides is 1. The zero-order chi connectivity index (χ0) is 26.4. The van der Waals surface area contributed by atoms with Crippen molar-refractivity contribution < 1.29 is 9.18 Å². The predicted octanol–water partition coefficient (Wildman–Crippen LogP) is 4.63. The number of aromatic amines is 1. The topological polar surface area (TPSA) is 142 Å². The first-order valence-corrected chi connectivity index (χ1v) is 11.9. The van der Waals surface area contributed by atoms with Crippen LogP contribution < -0.4 is 16.5 Å². The van der Waals surface area contributed by atoms with Crippen molar-refractivity contribution in [1.82, 2.24) is 19.5 Å². The average Bonchev–Trinajstić information content (AvgIpc) is 3.67. The van der Waals surface area contributed by atoms with Gasteiger partial charge < -0.3 is 20.6 Å². The molecule has 4 N–H and O–H groups in total. The van der Waals surface area contributed by atoms with Gasteiger partial charge in [0.05, 0.1) is 10.9 Å². The van der Waals surface area contributed by atoms with Crippen LogP contribution in [0, 0.1) is 17.1 Å². The third kappa shape index (κ3) is 3.96. The minimum Gasteiger partial charge on any atom is -0.383 e. The Bertz CT molecular complexity index is 1810. The van der Waals surface area contributed by atoms with Crippen LogP contribution in [0.4, 0.5) is 15.9 Å². The van der Waals surface area contributed by atoms with E-state index < -0.39 is 17.2 Å². The summed E-state index contributed by atoms with van der Waals surface area (Å²) < 4.78 is 15.2. The molecule has 3 heterocycles. The van der Waals surface area contributed by atoms with E-state index in [0.717, 1.165) is 24.0 Å². The molecule has 1 saturated carbocycles. The molecule has 0 bridgehead atoms. The summed E-state index contributed by atoms with van der Waals surface area (Å²) in [7, 11) is 0. The molecule has 1 amide bonds. The van der Waals surface area contributed by atoms with E-state index in [1.54, 1.807) is 22.9 Å². The van der Waals surface area contributed by atoms with E-state index in [4.69, 9.17) is 5.73 Å². The number of halogens is 1. The summed E-state index contributed by atoms with van der Waals surface area (Å²) in [5.41, 5.74) is 8.73. The van der Waals surface area contributed by atoms with Gasteiger partial charge in [0.25, 0.3) is 5.91 Å². The molecule has 1 aliphatic rings. The fourth-order valence-corrected chi connectivity index (χ4v) is 4.58. The largest absolute Gasteiger partial charge is 0.383 e. The minimum atomic E-state index is -0.602. The molecule has 2 aromatic carbocycles. The molecular weight excluding hydrogens is 485 g/mol. The summed E-state index contributed by atoms with van der Waals surface area (Å²) in [6, 6.07) is 14.5. The first kappa shape index (κ1) is 23.1. The maximum Gasteiger partial charge on any atom is 0.261 e. The number of benzene rings is 2. The van der Waals surface area contributed by atoms with Gasteiger partial charge in [0.2, 0.25) is 5.43 Å². The summed E-state index contributed by atoms with van der Waals surface area (Å²) in [4.78, 5) is 38.1. The molecule has 5 aromatic rings. The molecule has 9 nitrogen and oxygen atoms in total. The highest BCUT2D eigenvalue weighted by Gasteiger charge is 2.30. The highest BCUT2D eigenvalue weighted by Crippen LogP contribution is 2.37. The van der Waals surface area contributed by atoms with Gasteiger partial charge in [-0.25, -0.2) is 14.4 Å². The van der Waals surface area contributed by atoms with Crippen LogP contribution >= 0.6 is 0 Å². The summed E-state index contributed by atoms with van der Waals surface area (Å²) in [5.74, 6) is -0.710. The average molecular weight is 506 g/mol. The van der Waals surface area contributed by atoms with Crippen molar-refractivity contribution in [1.29, 1.82) is 5.26 Å². The number of pyridine rings is 1. The Morgan fingerprint density at radius 3 is 2.50 bits per heavy atom. The number of H-pyrrole nitrogens is 1. The van der Waals surface area contributed by atoms with Crippen LogP contribution in [-0.4, -0.2) is 25.4 Å². The predicted molar refractivity (Wildman–Crippen MR) is 141 cm³/mol. The number of fused-ring (bicyclic) bond motifs is 1. The van der Waals surface area contributed by atoms with Crippen molar-refractivity contribution in [2.24, 2.45) is 0 Å². The number of nitrogens with zero attached hydrogens (tertiary/aromatic N) is 4. The monoisotopic (exact) mass is 505 g/mol. The van der Waals surface area contributed by atoms with Crippen LogP contribution in [0.15, 0.2) is 72.0 Å². The third-order valence-corrected chi connectivity index (χ3v) is 6.61. The van der Waals surface area contributed by atoms with Gasteiger partial charge in [-0.3, -0.25) is 9.59 Å². The lowest BCUT2D eigenvalue weighted by atomic mass is 10.0. The van der Waals surface area contributed by atoms with Crippen molar-refractivity contribution in [2.45, 2.75) is 18.9 Å². The maximum atomic E-state index is 13.5. The maximum absolute atomic E-state index is 13.5. The van der Waals surface area contributed by atoms with E-state index in [9.17, 15) is 19.2 Å². The van der Waals surface area contributed by atoms with Crippen LogP contribution in [0.1, 0.15) is 34.9 Å². The number of rotatable bonds is 5. The van der Waals surface area contributed by atoms with E-state index >= 15 is 0 Å². The lowest BCUT2D eigenvalue weighted by Gasteiger charge is -2.15. The van der Waals surface area contributed by atoms with Crippen LogP contribution in [0.3, 0.4) is 0 Å². The number of carbonyl (C=O) groups excluding carboxylic acids is 1. The Balaban J connectivity index is 1.35. The first-order chi connectivity index (χ1) is 18.4. The molecule has 0 unspecified atom stereocenters. The zero-order valence-electron chi connectivity index (χ0n) is 19.9. The van der Waals surface area contributed by atoms with Crippen molar-refractivity contribution in [2.75, 3.05) is 11.1 Å². The van der Waals surface area contributed by atoms with Gasteiger partial charge >= 0.3 is 0 Å². The van der Waals surface area contributed by atoms with Gasteiger partial charge in [0.1, 0.15) is 40.9 Å². The Kier molecular flexibility index (Phi) is 5.46. The molecular formula is C28H20FN7O2. The van der Waals surface area contributed by atoms with Gasteiger partial charge in [0, 0.05) is 29.7 Å². The zero-order valence-corrected chi connectivity index (χ0v) is 19.9. The smallest absolute Gasteiger partial charge is 0.261 e. The number of nitrogens with two attached hydrogens (primary N) is 1. The number of anilines is 2. The first-order valence-electron chi connectivity index (χ1n) is 11.9. The SMILES string of the molecule is N#Cc1c(-c2ccc(F)cc2)c(=O)c(C(=O)Nc2ccc(-c3c[nH]c4ncnc(N)c34)cc2)cn1C1CC1. The van der Waals surface area contributed by atoms with E-state index in [0.29, 0.717) is 28.1 Å². The van der Waals surface area contributed by atoms with Crippen molar-refractivity contribution in [3.05, 3.63) is 94.5 Å². The molecule has 1 fully saturated rings. The van der Waals surface area contributed by atoms with Crippen LogP contribution in [0.2, 0.25) is 0 Å². The summed E-state index contributed by atoms with van der Waals surface area (Å²) in [6.45, 7) is 0. The molecule has 0 radical (unpaired) electrons. The van der Waals surface area contributed by atoms with Crippen molar-refractivity contribution in [3.8, 4) is 28.3 Å². The molecule has 186 valence electrons.